The number of hydrogen-bond acceptors (Lipinski definition) is 12. The number of hydrogen-bond donors (Lipinski definition) is 1. The summed E-state index contributed by atoms with van der Waals surface area (Å²) in [6, 6.07) is 4.34. The van der Waals surface area contributed by atoms with Crippen molar-refractivity contribution < 1.29 is 52.3 Å². The van der Waals surface area contributed by atoms with Crippen LogP contribution in [0.1, 0.15) is 85.6 Å². The molecule has 12 nitrogen and oxygen atoms in total. The van der Waals surface area contributed by atoms with E-state index in [0.29, 0.717) is 12.0 Å². The van der Waals surface area contributed by atoms with Crippen LogP contribution in [0.5, 0.6) is 11.5 Å². The van der Waals surface area contributed by atoms with Crippen LogP contribution in [0.25, 0.3) is 0 Å². The van der Waals surface area contributed by atoms with Crippen molar-refractivity contribution in [1.29, 1.82) is 0 Å². The van der Waals surface area contributed by atoms with Gasteiger partial charge in [-0.25, -0.2) is 14.4 Å². The first-order valence-corrected chi connectivity index (χ1v) is 14.9. The highest BCUT2D eigenvalue weighted by atomic mass is 16.7. The number of methoxy groups -OCH3 is 1. The highest BCUT2D eigenvalue weighted by molar-refractivity contribution is 5.81. The molecule has 0 aromatic heterocycles. The van der Waals surface area contributed by atoms with E-state index in [0.717, 1.165) is 25.7 Å². The van der Waals surface area contributed by atoms with Crippen LogP contribution in [0.4, 0.5) is 14.4 Å². The van der Waals surface area contributed by atoms with E-state index >= 15 is 0 Å². The van der Waals surface area contributed by atoms with Crippen molar-refractivity contribution >= 4 is 24.4 Å². The van der Waals surface area contributed by atoms with E-state index in [4.69, 9.17) is 38.9 Å². The maximum Gasteiger partial charge on any atom is 0.513 e. The van der Waals surface area contributed by atoms with Crippen molar-refractivity contribution in [1.82, 2.24) is 0 Å². The van der Waals surface area contributed by atoms with Gasteiger partial charge in [0.15, 0.2) is 11.5 Å². The van der Waals surface area contributed by atoms with Gasteiger partial charge in [-0.1, -0.05) is 66.4 Å². The first-order chi connectivity index (χ1) is 20.4. The van der Waals surface area contributed by atoms with Crippen LogP contribution < -0.4 is 15.2 Å². The third-order valence-corrected chi connectivity index (χ3v) is 6.79. The third-order valence-electron chi connectivity index (χ3n) is 6.79. The van der Waals surface area contributed by atoms with E-state index in [1.165, 1.54) is 19.2 Å². The van der Waals surface area contributed by atoms with Crippen LogP contribution in [-0.2, 0) is 34.9 Å². The zero-order valence-electron chi connectivity index (χ0n) is 26.6. The second-order valence-electron chi connectivity index (χ2n) is 10.9. The van der Waals surface area contributed by atoms with Crippen molar-refractivity contribution in [3.8, 4) is 11.5 Å². The summed E-state index contributed by atoms with van der Waals surface area (Å²) in [5, 5.41) is 0. The fourth-order valence-electron chi connectivity index (χ4n) is 3.78. The Labute approximate surface area is 254 Å². The first kappa shape index (κ1) is 37.5. The van der Waals surface area contributed by atoms with Crippen molar-refractivity contribution in [2.24, 2.45) is 17.6 Å². The molecule has 0 aliphatic heterocycles. The summed E-state index contributed by atoms with van der Waals surface area (Å²) in [6.45, 7) is 11.9. The molecule has 4 atom stereocenters. The van der Waals surface area contributed by atoms with E-state index in [9.17, 15) is 19.2 Å². The third kappa shape index (κ3) is 14.5. The van der Waals surface area contributed by atoms with Crippen LogP contribution in [0.2, 0.25) is 0 Å². The van der Waals surface area contributed by atoms with Crippen LogP contribution in [0, 0.1) is 11.8 Å². The van der Waals surface area contributed by atoms with Crippen molar-refractivity contribution in [2.75, 3.05) is 26.9 Å². The summed E-state index contributed by atoms with van der Waals surface area (Å²) < 4.78 is 36.4. The summed E-state index contributed by atoms with van der Waals surface area (Å²) in [5.41, 5.74) is 5.30. The average molecular weight is 612 g/mol. The molecule has 0 spiro atoms. The Hall–Kier alpha value is -3.54. The predicted molar refractivity (Wildman–Crippen MR) is 158 cm³/mol. The van der Waals surface area contributed by atoms with Crippen molar-refractivity contribution in [2.45, 2.75) is 98.1 Å². The number of carbonyl (C=O) groups is 4. The molecular weight excluding hydrogens is 562 g/mol. The quantitative estimate of drug-likeness (QED) is 0.0850. The Morgan fingerprint density at radius 2 is 1.40 bits per heavy atom. The smallest absolute Gasteiger partial charge is 0.468 e. The minimum Gasteiger partial charge on any atom is -0.468 e. The molecule has 0 fully saturated rings. The van der Waals surface area contributed by atoms with Gasteiger partial charge in [0, 0.05) is 12.8 Å². The summed E-state index contributed by atoms with van der Waals surface area (Å²) >= 11 is 0. The van der Waals surface area contributed by atoms with Gasteiger partial charge >= 0.3 is 24.4 Å². The molecule has 0 amide bonds. The van der Waals surface area contributed by atoms with Gasteiger partial charge in [0.25, 0.3) is 0 Å². The second-order valence-corrected chi connectivity index (χ2v) is 10.9. The van der Waals surface area contributed by atoms with E-state index in [2.05, 4.69) is 0 Å². The maximum absolute atomic E-state index is 12.8. The Balaban J connectivity index is 3.15. The van der Waals surface area contributed by atoms with Gasteiger partial charge in [0.05, 0.1) is 26.9 Å². The number of unbranched alkanes of at least 4 members (excludes halogenated alkanes) is 2. The highest BCUT2D eigenvalue weighted by Gasteiger charge is 2.38. The Morgan fingerprint density at radius 3 is 1.93 bits per heavy atom. The minimum absolute atomic E-state index is 0.0957. The number of ether oxygens (including phenoxy) is 7. The molecule has 43 heavy (non-hydrogen) atoms. The van der Waals surface area contributed by atoms with Gasteiger partial charge in [-0.3, -0.25) is 4.79 Å². The number of carbonyl (C=O) groups excluding carboxylic acids is 4. The Kier molecular flexibility index (Phi) is 17.1. The van der Waals surface area contributed by atoms with Crippen LogP contribution in [0.3, 0.4) is 0 Å². The molecule has 3 unspecified atom stereocenters. The van der Waals surface area contributed by atoms with Crippen molar-refractivity contribution in [3.05, 3.63) is 23.8 Å². The second kappa shape index (κ2) is 19.6. The zero-order chi connectivity index (χ0) is 32.4. The van der Waals surface area contributed by atoms with Crippen LogP contribution >= 0.6 is 0 Å². The lowest BCUT2D eigenvalue weighted by molar-refractivity contribution is -0.148. The molecule has 0 saturated heterocycles. The van der Waals surface area contributed by atoms with E-state index in [1.54, 1.807) is 13.0 Å². The highest BCUT2D eigenvalue weighted by Crippen LogP contribution is 2.32. The zero-order valence-corrected chi connectivity index (χ0v) is 26.6. The Morgan fingerprint density at radius 1 is 0.814 bits per heavy atom. The van der Waals surface area contributed by atoms with E-state index < -0.39 is 36.1 Å². The summed E-state index contributed by atoms with van der Waals surface area (Å²) in [7, 11) is 1.20. The molecule has 0 aliphatic rings. The summed E-state index contributed by atoms with van der Waals surface area (Å²) in [4.78, 5) is 49.7. The van der Waals surface area contributed by atoms with Gasteiger partial charge in [0.2, 0.25) is 0 Å². The standard InChI is InChI=1S/C31H49NO11/c1-8-11-12-15-38-28(34)41-23(6)17-31(32,27(33)37-7)18-24-13-14-25(42-29(35)39-19-21(4)9-2)26(16-24)43-30(36)40-20-22(5)10-3/h13-14,16,21-23H,8-12,15,17-20,32H2,1-7H3/t21?,22?,23-,31?/m0/s1. The van der Waals surface area contributed by atoms with Crippen molar-refractivity contribution in [3.63, 3.8) is 0 Å². The molecule has 1 rings (SSSR count). The molecule has 0 saturated carbocycles. The normalized spacial score (nSPS) is 14.3. The molecule has 0 bridgehead atoms. The number of nitrogens with two attached hydrogens (primary N) is 1. The molecule has 0 heterocycles. The molecule has 0 aliphatic carbocycles. The van der Waals surface area contributed by atoms with Gasteiger partial charge in [-0.2, -0.15) is 0 Å². The fraction of sp³-hybridized carbons (Fsp3) is 0.677. The topological polar surface area (TPSA) is 159 Å². The Bertz CT molecular complexity index is 1030. The summed E-state index contributed by atoms with van der Waals surface area (Å²) in [6.07, 6.45) is 0.393. The predicted octanol–water partition coefficient (Wildman–Crippen LogP) is 6.34. The lowest BCUT2D eigenvalue weighted by atomic mass is 9.86. The maximum atomic E-state index is 12.8. The lowest BCUT2D eigenvalue weighted by Crippen LogP contribution is -2.53. The molecular formula is C31H49NO11. The van der Waals surface area contributed by atoms with Crippen LogP contribution in [-0.4, -0.2) is 63.0 Å². The van der Waals surface area contributed by atoms with Gasteiger partial charge in [-0.05, 0) is 42.9 Å². The molecule has 0 radical (unpaired) electrons. The van der Waals surface area contributed by atoms with Crippen LogP contribution in [0.15, 0.2) is 18.2 Å². The van der Waals surface area contributed by atoms with E-state index in [-0.39, 0.29) is 56.0 Å². The monoisotopic (exact) mass is 611 g/mol. The molecule has 2 N–H and O–H groups in total. The number of rotatable bonds is 18. The lowest BCUT2D eigenvalue weighted by Gasteiger charge is -2.29. The average Bonchev–Trinajstić information content (AvgIpc) is 2.97. The molecule has 1 aromatic rings. The SMILES string of the molecule is CCCCCOC(=O)O[C@@H](C)CC(N)(Cc1ccc(OC(=O)OCC(C)CC)c(OC(=O)OCC(C)CC)c1)C(=O)OC. The number of benzene rings is 1. The van der Waals surface area contributed by atoms with Gasteiger partial charge in [0.1, 0.15) is 11.6 Å². The largest absolute Gasteiger partial charge is 0.513 e. The molecule has 12 heteroatoms. The fourth-order valence-corrected chi connectivity index (χ4v) is 3.78. The van der Waals surface area contributed by atoms with Gasteiger partial charge in [-0.15, -0.1) is 0 Å². The van der Waals surface area contributed by atoms with Gasteiger partial charge < -0.3 is 38.9 Å². The molecule has 1 aromatic carbocycles. The number of esters is 1. The first-order valence-electron chi connectivity index (χ1n) is 14.9. The summed E-state index contributed by atoms with van der Waals surface area (Å²) in [5.74, 6) is -0.739. The molecule has 244 valence electrons. The minimum atomic E-state index is -1.64. The van der Waals surface area contributed by atoms with E-state index in [1.807, 2.05) is 34.6 Å².